The lowest BCUT2D eigenvalue weighted by atomic mass is 9.67. The first kappa shape index (κ1) is 9.17. The average molecular weight is 195 g/mol. The maximum Gasteiger partial charge on any atom is 0.0683 e. The molecule has 2 aliphatic heterocycles. The third-order valence-corrected chi connectivity index (χ3v) is 4.74. The van der Waals surface area contributed by atoms with Crippen LogP contribution in [0.2, 0.25) is 0 Å². The summed E-state index contributed by atoms with van der Waals surface area (Å²) in [6.07, 6.45) is 9.49. The second-order valence-corrected chi connectivity index (χ2v) is 5.56. The highest BCUT2D eigenvalue weighted by atomic mass is 16.5. The molecule has 14 heavy (non-hydrogen) atoms. The summed E-state index contributed by atoms with van der Waals surface area (Å²) < 4.78 is 5.96. The summed E-state index contributed by atoms with van der Waals surface area (Å²) in [5, 5.41) is 3.52. The van der Waals surface area contributed by atoms with Crippen molar-refractivity contribution in [3.05, 3.63) is 0 Å². The Kier molecular flexibility index (Phi) is 2.10. The number of rotatable bonds is 0. The van der Waals surface area contributed by atoms with E-state index < -0.39 is 0 Å². The van der Waals surface area contributed by atoms with Crippen molar-refractivity contribution in [1.82, 2.24) is 5.32 Å². The van der Waals surface area contributed by atoms with Crippen molar-refractivity contribution in [1.29, 1.82) is 0 Å². The van der Waals surface area contributed by atoms with Crippen LogP contribution in [-0.4, -0.2) is 25.3 Å². The van der Waals surface area contributed by atoms with Gasteiger partial charge in [0.2, 0.25) is 0 Å². The van der Waals surface area contributed by atoms with Crippen molar-refractivity contribution < 1.29 is 4.74 Å². The summed E-state index contributed by atoms with van der Waals surface area (Å²) in [4.78, 5) is 0. The number of nitrogens with one attached hydrogen (secondary N) is 1. The first-order chi connectivity index (χ1) is 6.83. The van der Waals surface area contributed by atoms with Gasteiger partial charge in [-0.05, 0) is 56.9 Å². The molecule has 0 bridgehead atoms. The summed E-state index contributed by atoms with van der Waals surface area (Å²) in [5.74, 6) is 0. The van der Waals surface area contributed by atoms with Gasteiger partial charge >= 0.3 is 0 Å². The highest BCUT2D eigenvalue weighted by Crippen LogP contribution is 2.49. The Hall–Kier alpha value is -0.0800. The number of hydrogen-bond acceptors (Lipinski definition) is 2. The molecule has 1 N–H and O–H groups in total. The Morgan fingerprint density at radius 3 is 2.36 bits per heavy atom. The van der Waals surface area contributed by atoms with Crippen molar-refractivity contribution >= 4 is 0 Å². The zero-order valence-corrected chi connectivity index (χ0v) is 8.98. The first-order valence-corrected chi connectivity index (χ1v) is 6.17. The highest BCUT2D eigenvalue weighted by Gasteiger charge is 2.45. The minimum atomic E-state index is 0.327. The molecule has 3 aliphatic rings. The Labute approximate surface area is 86.4 Å². The molecule has 2 heterocycles. The zero-order chi connectivity index (χ0) is 9.49. The summed E-state index contributed by atoms with van der Waals surface area (Å²) >= 11 is 0. The maximum absolute atomic E-state index is 5.96. The molecule has 0 atom stereocenters. The quantitative estimate of drug-likeness (QED) is 0.639. The Bertz CT molecular complexity index is 178. The summed E-state index contributed by atoms with van der Waals surface area (Å²) in [6.45, 7) is 3.53. The predicted molar refractivity (Wildman–Crippen MR) is 56.3 cm³/mol. The lowest BCUT2D eigenvalue weighted by Crippen LogP contribution is -2.39. The van der Waals surface area contributed by atoms with Crippen LogP contribution in [0.1, 0.15) is 44.9 Å². The van der Waals surface area contributed by atoms with Crippen molar-refractivity contribution in [2.45, 2.75) is 50.5 Å². The van der Waals surface area contributed by atoms with Crippen LogP contribution in [0.15, 0.2) is 0 Å². The molecule has 0 aromatic carbocycles. The molecule has 0 amide bonds. The van der Waals surface area contributed by atoms with E-state index in [1.54, 1.807) is 0 Å². The van der Waals surface area contributed by atoms with Crippen molar-refractivity contribution in [2.24, 2.45) is 5.41 Å². The maximum atomic E-state index is 5.96. The molecule has 3 fully saturated rings. The second kappa shape index (κ2) is 3.21. The van der Waals surface area contributed by atoms with Gasteiger partial charge in [-0.1, -0.05) is 0 Å². The third kappa shape index (κ3) is 1.40. The molecule has 80 valence electrons. The van der Waals surface area contributed by atoms with Gasteiger partial charge in [0.25, 0.3) is 0 Å². The smallest absolute Gasteiger partial charge is 0.0683 e. The molecule has 0 aromatic rings. The molecule has 2 nitrogen and oxygen atoms in total. The lowest BCUT2D eigenvalue weighted by Gasteiger charge is -2.42. The molecule has 0 radical (unpaired) electrons. The minimum absolute atomic E-state index is 0.327. The van der Waals surface area contributed by atoms with Crippen LogP contribution < -0.4 is 5.32 Å². The second-order valence-electron chi connectivity index (χ2n) is 5.56. The Morgan fingerprint density at radius 2 is 1.79 bits per heavy atom. The van der Waals surface area contributed by atoms with Gasteiger partial charge in [-0.3, -0.25) is 0 Å². The van der Waals surface area contributed by atoms with Crippen LogP contribution in [-0.2, 0) is 4.74 Å². The topological polar surface area (TPSA) is 21.3 Å². The van der Waals surface area contributed by atoms with Gasteiger partial charge in [-0.15, -0.1) is 0 Å². The average Bonchev–Trinajstić information content (AvgIpc) is 2.81. The molecule has 0 unspecified atom stereocenters. The zero-order valence-electron chi connectivity index (χ0n) is 8.98. The molecule has 0 aromatic heterocycles. The van der Waals surface area contributed by atoms with Crippen LogP contribution >= 0.6 is 0 Å². The fraction of sp³-hybridized carbons (Fsp3) is 1.00. The predicted octanol–water partition coefficient (Wildman–Crippen LogP) is 2.09. The van der Waals surface area contributed by atoms with Crippen molar-refractivity contribution in [3.63, 3.8) is 0 Å². The fourth-order valence-electron chi connectivity index (χ4n) is 3.61. The van der Waals surface area contributed by atoms with Gasteiger partial charge < -0.3 is 10.1 Å². The van der Waals surface area contributed by atoms with E-state index in [1.165, 1.54) is 58.0 Å². The minimum Gasteiger partial charge on any atom is -0.375 e. The van der Waals surface area contributed by atoms with Gasteiger partial charge in [0.1, 0.15) is 0 Å². The Morgan fingerprint density at radius 1 is 0.929 bits per heavy atom. The largest absolute Gasteiger partial charge is 0.375 e. The molecular weight excluding hydrogens is 174 g/mol. The van der Waals surface area contributed by atoms with E-state index in [0.717, 1.165) is 6.61 Å². The van der Waals surface area contributed by atoms with Crippen LogP contribution in [0, 0.1) is 5.41 Å². The molecule has 1 aliphatic carbocycles. The van der Waals surface area contributed by atoms with E-state index in [0.29, 0.717) is 11.0 Å². The summed E-state index contributed by atoms with van der Waals surface area (Å²) in [5.41, 5.74) is 0.991. The van der Waals surface area contributed by atoms with E-state index >= 15 is 0 Å². The van der Waals surface area contributed by atoms with Gasteiger partial charge in [0.15, 0.2) is 0 Å². The van der Waals surface area contributed by atoms with Gasteiger partial charge in [0, 0.05) is 13.2 Å². The van der Waals surface area contributed by atoms with E-state index in [9.17, 15) is 0 Å². The standard InChI is InChI=1S/C12H21NO/c1-2-12(14-9-1)5-3-11(4-6-12)7-8-13-10-11/h13H,1-10H2. The van der Waals surface area contributed by atoms with Crippen LogP contribution in [0.5, 0.6) is 0 Å². The normalized spacial score (nSPS) is 48.0. The van der Waals surface area contributed by atoms with E-state index in [2.05, 4.69) is 5.32 Å². The highest BCUT2D eigenvalue weighted by molar-refractivity contribution is 4.99. The SMILES string of the molecule is C1COC2(C1)CCC1(CCNC1)CC2. The van der Waals surface area contributed by atoms with E-state index in [1.807, 2.05) is 0 Å². The van der Waals surface area contributed by atoms with Crippen molar-refractivity contribution in [3.8, 4) is 0 Å². The summed E-state index contributed by atoms with van der Waals surface area (Å²) in [6, 6.07) is 0. The molecule has 1 saturated carbocycles. The Balaban J connectivity index is 1.66. The molecular formula is C12H21NO. The molecule has 2 saturated heterocycles. The van der Waals surface area contributed by atoms with Gasteiger partial charge in [-0.2, -0.15) is 0 Å². The molecule has 3 rings (SSSR count). The fourth-order valence-corrected chi connectivity index (χ4v) is 3.61. The van der Waals surface area contributed by atoms with Gasteiger partial charge in [-0.25, -0.2) is 0 Å². The van der Waals surface area contributed by atoms with E-state index in [4.69, 9.17) is 4.74 Å². The lowest BCUT2D eigenvalue weighted by molar-refractivity contribution is -0.0503. The van der Waals surface area contributed by atoms with Crippen LogP contribution in [0.3, 0.4) is 0 Å². The van der Waals surface area contributed by atoms with Crippen LogP contribution in [0.25, 0.3) is 0 Å². The third-order valence-electron chi connectivity index (χ3n) is 4.74. The number of ether oxygens (including phenoxy) is 1. The van der Waals surface area contributed by atoms with Crippen molar-refractivity contribution in [2.75, 3.05) is 19.7 Å². The molecule has 2 spiro atoms. The van der Waals surface area contributed by atoms with E-state index in [-0.39, 0.29) is 0 Å². The van der Waals surface area contributed by atoms with Gasteiger partial charge in [0.05, 0.1) is 5.60 Å². The monoisotopic (exact) mass is 195 g/mol. The van der Waals surface area contributed by atoms with Crippen LogP contribution in [0.4, 0.5) is 0 Å². The summed E-state index contributed by atoms with van der Waals surface area (Å²) in [7, 11) is 0. The number of hydrogen-bond donors (Lipinski definition) is 1. The first-order valence-electron chi connectivity index (χ1n) is 6.17. The molecule has 2 heteroatoms.